The Labute approximate surface area is 104 Å². The Morgan fingerprint density at radius 1 is 0.944 bits per heavy atom. The molecule has 2 rings (SSSR count). The molecule has 0 aliphatic rings. The molecule has 94 valence electrons. The second-order valence-corrected chi connectivity index (χ2v) is 5.27. The van der Waals surface area contributed by atoms with E-state index in [1.54, 1.807) is 30.3 Å². The normalized spacial score (nSPS) is 11.1. The van der Waals surface area contributed by atoms with Crippen LogP contribution in [0.1, 0.15) is 0 Å². The van der Waals surface area contributed by atoms with Crippen LogP contribution in [-0.4, -0.2) is 18.6 Å². The summed E-state index contributed by atoms with van der Waals surface area (Å²) in [6, 6.07) is 11.6. The molecule has 0 atom stereocenters. The van der Waals surface area contributed by atoms with Crippen LogP contribution in [0.3, 0.4) is 0 Å². The SMILES string of the molecule is O=S(=O)(Nc1ccccc1)c1cc(O)ccc1O. The number of benzene rings is 2. The first-order chi connectivity index (χ1) is 8.49. The smallest absolute Gasteiger partial charge is 0.265 e. The molecule has 0 aromatic heterocycles. The summed E-state index contributed by atoms with van der Waals surface area (Å²) in [5.74, 6) is -0.655. The van der Waals surface area contributed by atoms with Crippen LogP contribution in [-0.2, 0) is 10.0 Å². The van der Waals surface area contributed by atoms with Gasteiger partial charge >= 0.3 is 0 Å². The number of sulfonamides is 1. The zero-order chi connectivity index (χ0) is 13.2. The molecule has 3 N–H and O–H groups in total. The number of nitrogens with one attached hydrogen (secondary N) is 1. The molecular formula is C12H11NO4S. The summed E-state index contributed by atoms with van der Waals surface area (Å²) >= 11 is 0. The summed E-state index contributed by atoms with van der Waals surface area (Å²) in [6.07, 6.45) is 0. The number of rotatable bonds is 3. The molecule has 0 amide bonds. The maximum Gasteiger partial charge on any atom is 0.265 e. The lowest BCUT2D eigenvalue weighted by molar-refractivity contribution is 0.445. The van der Waals surface area contributed by atoms with Gasteiger partial charge in [0.25, 0.3) is 10.0 Å². The van der Waals surface area contributed by atoms with Crippen molar-refractivity contribution in [3.63, 3.8) is 0 Å². The number of aromatic hydroxyl groups is 2. The van der Waals surface area contributed by atoms with Crippen LogP contribution in [0.15, 0.2) is 53.4 Å². The first kappa shape index (κ1) is 12.3. The molecule has 0 bridgehead atoms. The van der Waals surface area contributed by atoms with E-state index in [1.165, 1.54) is 6.07 Å². The standard InChI is InChI=1S/C12H11NO4S/c14-10-6-7-11(15)12(8-10)18(16,17)13-9-4-2-1-3-5-9/h1-8,13-15H. The monoisotopic (exact) mass is 265 g/mol. The Hall–Kier alpha value is -2.21. The van der Waals surface area contributed by atoms with E-state index in [0.29, 0.717) is 5.69 Å². The van der Waals surface area contributed by atoms with Gasteiger partial charge in [-0.2, -0.15) is 0 Å². The Morgan fingerprint density at radius 2 is 1.61 bits per heavy atom. The Morgan fingerprint density at radius 3 is 2.28 bits per heavy atom. The molecule has 0 saturated heterocycles. The lowest BCUT2D eigenvalue weighted by Crippen LogP contribution is -2.12. The van der Waals surface area contributed by atoms with E-state index in [4.69, 9.17) is 0 Å². The van der Waals surface area contributed by atoms with Gasteiger partial charge in [0.1, 0.15) is 16.4 Å². The summed E-state index contributed by atoms with van der Waals surface area (Å²) in [5.41, 5.74) is 0.375. The predicted octanol–water partition coefficient (Wildman–Crippen LogP) is 1.90. The van der Waals surface area contributed by atoms with Crippen LogP contribution in [0.25, 0.3) is 0 Å². The minimum atomic E-state index is -3.93. The van der Waals surface area contributed by atoms with Crippen molar-refractivity contribution in [3.8, 4) is 11.5 Å². The second kappa shape index (κ2) is 4.58. The van der Waals surface area contributed by atoms with Gasteiger partial charge in [0.2, 0.25) is 0 Å². The number of phenolic OH excluding ortho intramolecular Hbond substituents is 2. The molecule has 0 aliphatic carbocycles. The Balaban J connectivity index is 2.40. The van der Waals surface area contributed by atoms with E-state index in [1.807, 2.05) is 0 Å². The Kier molecular flexibility index (Phi) is 3.12. The van der Waals surface area contributed by atoms with E-state index in [0.717, 1.165) is 12.1 Å². The number of phenols is 2. The summed E-state index contributed by atoms with van der Waals surface area (Å²) in [6.45, 7) is 0. The fourth-order valence-corrected chi connectivity index (χ4v) is 2.61. The third-order valence-electron chi connectivity index (χ3n) is 2.26. The minimum Gasteiger partial charge on any atom is -0.508 e. The summed E-state index contributed by atoms with van der Waals surface area (Å²) in [4.78, 5) is -0.369. The molecule has 0 saturated carbocycles. The van der Waals surface area contributed by atoms with Gasteiger partial charge in [-0.3, -0.25) is 4.72 Å². The highest BCUT2D eigenvalue weighted by molar-refractivity contribution is 7.92. The maximum absolute atomic E-state index is 12.0. The topological polar surface area (TPSA) is 86.6 Å². The van der Waals surface area contributed by atoms with Crippen molar-refractivity contribution >= 4 is 15.7 Å². The minimum absolute atomic E-state index is 0.235. The summed E-state index contributed by atoms with van der Waals surface area (Å²) in [7, 11) is -3.93. The molecule has 5 nitrogen and oxygen atoms in total. The zero-order valence-electron chi connectivity index (χ0n) is 9.24. The number of anilines is 1. The van der Waals surface area contributed by atoms with Gasteiger partial charge in [0.05, 0.1) is 0 Å². The van der Waals surface area contributed by atoms with E-state index < -0.39 is 15.8 Å². The van der Waals surface area contributed by atoms with Gasteiger partial charge in [-0.1, -0.05) is 18.2 Å². The van der Waals surface area contributed by atoms with Crippen molar-refractivity contribution in [1.29, 1.82) is 0 Å². The summed E-state index contributed by atoms with van der Waals surface area (Å²) in [5, 5.41) is 18.8. The van der Waals surface area contributed by atoms with Gasteiger partial charge in [-0.15, -0.1) is 0 Å². The number of hydrogen-bond acceptors (Lipinski definition) is 4. The van der Waals surface area contributed by atoms with Crippen molar-refractivity contribution in [3.05, 3.63) is 48.5 Å². The van der Waals surface area contributed by atoms with Gasteiger partial charge in [0.15, 0.2) is 0 Å². The molecular weight excluding hydrogens is 254 g/mol. The van der Waals surface area contributed by atoms with Crippen LogP contribution >= 0.6 is 0 Å². The molecule has 0 radical (unpaired) electrons. The third-order valence-corrected chi connectivity index (χ3v) is 3.67. The molecule has 0 spiro atoms. The molecule has 18 heavy (non-hydrogen) atoms. The molecule has 6 heteroatoms. The van der Waals surface area contributed by atoms with Crippen LogP contribution in [0.4, 0.5) is 5.69 Å². The van der Waals surface area contributed by atoms with Gasteiger partial charge in [-0.25, -0.2) is 8.42 Å². The van der Waals surface area contributed by atoms with Crippen molar-refractivity contribution in [2.75, 3.05) is 4.72 Å². The van der Waals surface area contributed by atoms with Crippen molar-refractivity contribution in [2.24, 2.45) is 0 Å². The first-order valence-corrected chi connectivity index (χ1v) is 6.57. The molecule has 0 unspecified atom stereocenters. The van der Waals surface area contributed by atoms with Crippen LogP contribution in [0.2, 0.25) is 0 Å². The maximum atomic E-state index is 12.0. The zero-order valence-corrected chi connectivity index (χ0v) is 10.1. The lowest BCUT2D eigenvalue weighted by atomic mass is 10.3. The third kappa shape index (κ3) is 2.54. The molecule has 0 aliphatic heterocycles. The van der Waals surface area contributed by atoms with Crippen LogP contribution < -0.4 is 4.72 Å². The fraction of sp³-hybridized carbons (Fsp3) is 0. The average molecular weight is 265 g/mol. The predicted molar refractivity (Wildman–Crippen MR) is 67.0 cm³/mol. The molecule has 0 fully saturated rings. The molecule has 0 heterocycles. The van der Waals surface area contributed by atoms with Crippen LogP contribution in [0.5, 0.6) is 11.5 Å². The largest absolute Gasteiger partial charge is 0.508 e. The first-order valence-electron chi connectivity index (χ1n) is 5.09. The van der Waals surface area contributed by atoms with Crippen LogP contribution in [0, 0.1) is 0 Å². The molecule has 2 aromatic rings. The van der Waals surface area contributed by atoms with E-state index >= 15 is 0 Å². The van der Waals surface area contributed by atoms with Gasteiger partial charge in [-0.05, 0) is 24.3 Å². The highest BCUT2D eigenvalue weighted by Gasteiger charge is 2.19. The van der Waals surface area contributed by atoms with E-state index in [-0.39, 0.29) is 10.6 Å². The fourth-order valence-electron chi connectivity index (χ4n) is 1.43. The number of para-hydroxylation sites is 1. The van der Waals surface area contributed by atoms with E-state index in [2.05, 4.69) is 4.72 Å². The average Bonchev–Trinajstić information content (AvgIpc) is 2.33. The van der Waals surface area contributed by atoms with Crippen molar-refractivity contribution < 1.29 is 18.6 Å². The molecule has 2 aromatic carbocycles. The second-order valence-electron chi connectivity index (χ2n) is 3.62. The number of hydrogen-bond donors (Lipinski definition) is 3. The Bertz CT molecular complexity index is 653. The van der Waals surface area contributed by atoms with Crippen molar-refractivity contribution in [1.82, 2.24) is 0 Å². The highest BCUT2D eigenvalue weighted by atomic mass is 32.2. The quantitative estimate of drug-likeness (QED) is 0.740. The lowest BCUT2D eigenvalue weighted by Gasteiger charge is -2.09. The van der Waals surface area contributed by atoms with E-state index in [9.17, 15) is 18.6 Å². The summed E-state index contributed by atoms with van der Waals surface area (Å²) < 4.78 is 26.3. The highest BCUT2D eigenvalue weighted by Crippen LogP contribution is 2.28. The van der Waals surface area contributed by atoms with Crippen molar-refractivity contribution in [2.45, 2.75) is 4.90 Å². The van der Waals surface area contributed by atoms with Gasteiger partial charge < -0.3 is 10.2 Å². The van der Waals surface area contributed by atoms with Gasteiger partial charge in [0, 0.05) is 11.8 Å².